The summed E-state index contributed by atoms with van der Waals surface area (Å²) in [7, 11) is 6.17. The van der Waals surface area contributed by atoms with Crippen molar-refractivity contribution >= 4 is 17.7 Å². The van der Waals surface area contributed by atoms with Crippen molar-refractivity contribution in [2.75, 3.05) is 33.8 Å². The fraction of sp³-hybridized carbons (Fsp3) is 0.211. The highest BCUT2D eigenvalue weighted by Crippen LogP contribution is 2.39. The fourth-order valence-corrected chi connectivity index (χ4v) is 2.22. The standard InChI is InChI=1S/C19H21NO5/c1-22-15-8-5-13(6-9-15)7-10-18(21)20-14-11-16(23-2)19(25-4)17(12-14)24-3/h5-12H,1-4H3,(H,20,21)/b10-7+. The molecule has 0 heterocycles. The largest absolute Gasteiger partial charge is 0.497 e. The zero-order valence-corrected chi connectivity index (χ0v) is 14.7. The minimum atomic E-state index is -0.273. The van der Waals surface area contributed by atoms with Gasteiger partial charge in [-0.2, -0.15) is 0 Å². The van der Waals surface area contributed by atoms with Crippen LogP contribution in [0.3, 0.4) is 0 Å². The molecule has 0 bridgehead atoms. The second-order valence-corrected chi connectivity index (χ2v) is 5.01. The minimum absolute atomic E-state index is 0.273. The van der Waals surface area contributed by atoms with Gasteiger partial charge in [-0.05, 0) is 23.8 Å². The third kappa shape index (κ3) is 4.67. The second-order valence-electron chi connectivity index (χ2n) is 5.01. The van der Waals surface area contributed by atoms with Crippen molar-refractivity contribution in [1.82, 2.24) is 0 Å². The molecule has 2 aromatic rings. The van der Waals surface area contributed by atoms with E-state index >= 15 is 0 Å². The predicted octanol–water partition coefficient (Wildman–Crippen LogP) is 3.37. The zero-order chi connectivity index (χ0) is 18.2. The first-order valence-corrected chi connectivity index (χ1v) is 7.54. The number of amides is 1. The van der Waals surface area contributed by atoms with Gasteiger partial charge in [-0.15, -0.1) is 0 Å². The van der Waals surface area contributed by atoms with Gasteiger partial charge in [-0.1, -0.05) is 12.1 Å². The van der Waals surface area contributed by atoms with Crippen molar-refractivity contribution in [3.8, 4) is 23.0 Å². The summed E-state index contributed by atoms with van der Waals surface area (Å²) in [5.41, 5.74) is 1.43. The Bertz CT molecular complexity index is 728. The number of methoxy groups -OCH3 is 4. The number of hydrogen-bond donors (Lipinski definition) is 1. The number of anilines is 1. The van der Waals surface area contributed by atoms with E-state index in [1.165, 1.54) is 27.4 Å². The van der Waals surface area contributed by atoms with Crippen LogP contribution in [0.25, 0.3) is 6.08 Å². The number of hydrogen-bond acceptors (Lipinski definition) is 5. The summed E-state index contributed by atoms with van der Waals surface area (Å²) in [5, 5.41) is 2.77. The Hall–Kier alpha value is -3.15. The molecule has 25 heavy (non-hydrogen) atoms. The maximum atomic E-state index is 12.1. The highest BCUT2D eigenvalue weighted by atomic mass is 16.5. The van der Waals surface area contributed by atoms with Gasteiger partial charge in [0.05, 0.1) is 28.4 Å². The van der Waals surface area contributed by atoms with Crippen LogP contribution in [0.4, 0.5) is 5.69 Å². The zero-order valence-electron chi connectivity index (χ0n) is 14.7. The van der Waals surface area contributed by atoms with Crippen LogP contribution in [-0.4, -0.2) is 34.3 Å². The third-order valence-corrected chi connectivity index (χ3v) is 3.48. The molecule has 0 saturated carbocycles. The highest BCUT2D eigenvalue weighted by Gasteiger charge is 2.13. The monoisotopic (exact) mass is 343 g/mol. The molecule has 0 unspecified atom stereocenters. The molecule has 0 spiro atoms. The fourth-order valence-electron chi connectivity index (χ4n) is 2.22. The molecule has 6 heteroatoms. The van der Waals surface area contributed by atoms with E-state index in [-0.39, 0.29) is 5.91 Å². The number of rotatable bonds is 7. The van der Waals surface area contributed by atoms with Gasteiger partial charge in [-0.3, -0.25) is 4.79 Å². The molecule has 132 valence electrons. The van der Waals surface area contributed by atoms with Gasteiger partial charge in [-0.25, -0.2) is 0 Å². The molecule has 1 amide bonds. The molecule has 0 aliphatic carbocycles. The van der Waals surface area contributed by atoms with Gasteiger partial charge in [0.2, 0.25) is 11.7 Å². The van der Waals surface area contributed by atoms with E-state index in [0.717, 1.165) is 11.3 Å². The van der Waals surface area contributed by atoms with Gasteiger partial charge in [0.1, 0.15) is 5.75 Å². The average Bonchev–Trinajstić information content (AvgIpc) is 2.65. The second kappa shape index (κ2) is 8.63. The van der Waals surface area contributed by atoms with Crippen molar-refractivity contribution < 1.29 is 23.7 Å². The summed E-state index contributed by atoms with van der Waals surface area (Å²) in [6.07, 6.45) is 3.16. The molecule has 2 aromatic carbocycles. The van der Waals surface area contributed by atoms with Crippen LogP contribution in [0.1, 0.15) is 5.56 Å². The highest BCUT2D eigenvalue weighted by molar-refractivity contribution is 6.02. The molecule has 0 atom stereocenters. The van der Waals surface area contributed by atoms with Crippen LogP contribution in [0, 0.1) is 0 Å². The lowest BCUT2D eigenvalue weighted by Gasteiger charge is -2.14. The first-order chi connectivity index (χ1) is 12.1. The summed E-state index contributed by atoms with van der Waals surface area (Å²) in [6.45, 7) is 0. The van der Waals surface area contributed by atoms with Crippen molar-refractivity contribution in [2.45, 2.75) is 0 Å². The summed E-state index contributed by atoms with van der Waals surface area (Å²) in [5.74, 6) is 1.90. The average molecular weight is 343 g/mol. The van der Waals surface area contributed by atoms with Crippen molar-refractivity contribution in [2.24, 2.45) is 0 Å². The van der Waals surface area contributed by atoms with Gasteiger partial charge in [0, 0.05) is 23.9 Å². The van der Waals surface area contributed by atoms with E-state index in [4.69, 9.17) is 18.9 Å². The number of carbonyl (C=O) groups is 1. The smallest absolute Gasteiger partial charge is 0.248 e. The van der Waals surface area contributed by atoms with Crippen LogP contribution in [-0.2, 0) is 4.79 Å². The molecule has 0 fully saturated rings. The quantitative estimate of drug-likeness (QED) is 0.781. The van der Waals surface area contributed by atoms with Crippen LogP contribution in [0.5, 0.6) is 23.0 Å². The summed E-state index contributed by atoms with van der Waals surface area (Å²) < 4.78 is 20.9. The Labute approximate surface area is 147 Å². The minimum Gasteiger partial charge on any atom is -0.497 e. The number of ether oxygens (including phenoxy) is 4. The van der Waals surface area contributed by atoms with Crippen LogP contribution in [0.2, 0.25) is 0 Å². The number of nitrogens with one attached hydrogen (secondary N) is 1. The molecular formula is C19H21NO5. The van der Waals surface area contributed by atoms with E-state index in [2.05, 4.69) is 5.32 Å². The van der Waals surface area contributed by atoms with E-state index in [0.29, 0.717) is 22.9 Å². The van der Waals surface area contributed by atoms with Gasteiger partial charge >= 0.3 is 0 Å². The molecule has 0 aliphatic heterocycles. The molecule has 6 nitrogen and oxygen atoms in total. The Balaban J connectivity index is 2.12. The van der Waals surface area contributed by atoms with Crippen LogP contribution >= 0.6 is 0 Å². The lowest BCUT2D eigenvalue weighted by atomic mass is 10.2. The third-order valence-electron chi connectivity index (χ3n) is 3.48. The topological polar surface area (TPSA) is 66.0 Å². The lowest BCUT2D eigenvalue weighted by Crippen LogP contribution is -2.08. The van der Waals surface area contributed by atoms with E-state index in [9.17, 15) is 4.79 Å². The van der Waals surface area contributed by atoms with Gasteiger partial charge in [0.25, 0.3) is 0 Å². The molecular weight excluding hydrogens is 322 g/mol. The summed E-state index contributed by atoms with van der Waals surface area (Å²) >= 11 is 0. The maximum Gasteiger partial charge on any atom is 0.248 e. The Kier molecular flexibility index (Phi) is 6.28. The predicted molar refractivity (Wildman–Crippen MR) is 96.8 cm³/mol. The van der Waals surface area contributed by atoms with Crippen molar-refractivity contribution in [3.63, 3.8) is 0 Å². The SMILES string of the molecule is COc1ccc(/C=C/C(=O)Nc2cc(OC)c(OC)c(OC)c2)cc1. The molecule has 2 rings (SSSR count). The normalized spacial score (nSPS) is 10.4. The summed E-state index contributed by atoms with van der Waals surface area (Å²) in [4.78, 5) is 12.1. The first kappa shape index (κ1) is 18.2. The molecule has 0 aliphatic rings. The maximum absolute atomic E-state index is 12.1. The van der Waals surface area contributed by atoms with Crippen molar-refractivity contribution in [3.05, 3.63) is 48.0 Å². The number of carbonyl (C=O) groups excluding carboxylic acids is 1. The van der Waals surface area contributed by atoms with Gasteiger partial charge < -0.3 is 24.3 Å². The molecule has 0 saturated heterocycles. The van der Waals surface area contributed by atoms with E-state index < -0.39 is 0 Å². The van der Waals surface area contributed by atoms with Crippen LogP contribution in [0.15, 0.2) is 42.5 Å². The number of benzene rings is 2. The summed E-state index contributed by atoms with van der Waals surface area (Å²) in [6, 6.07) is 10.7. The Morgan fingerprint density at radius 3 is 1.96 bits per heavy atom. The molecule has 0 radical (unpaired) electrons. The van der Waals surface area contributed by atoms with Crippen molar-refractivity contribution in [1.29, 1.82) is 0 Å². The van der Waals surface area contributed by atoms with E-state index in [1.807, 2.05) is 24.3 Å². The van der Waals surface area contributed by atoms with Crippen LogP contribution < -0.4 is 24.3 Å². The van der Waals surface area contributed by atoms with Gasteiger partial charge in [0.15, 0.2) is 11.5 Å². The van der Waals surface area contributed by atoms with E-state index in [1.54, 1.807) is 25.3 Å². The Morgan fingerprint density at radius 2 is 1.48 bits per heavy atom. The molecule has 1 N–H and O–H groups in total. The Morgan fingerprint density at radius 1 is 0.880 bits per heavy atom. The first-order valence-electron chi connectivity index (χ1n) is 7.54. The lowest BCUT2D eigenvalue weighted by molar-refractivity contribution is -0.111. The molecule has 0 aromatic heterocycles.